The molecule has 1 amide bonds. The van der Waals surface area contributed by atoms with Crippen molar-refractivity contribution in [2.75, 3.05) is 18.9 Å². The van der Waals surface area contributed by atoms with Crippen molar-refractivity contribution in [1.29, 1.82) is 0 Å². The number of nitrogens with one attached hydrogen (secondary N) is 1. The van der Waals surface area contributed by atoms with Crippen LogP contribution in [0.2, 0.25) is 0 Å². The maximum absolute atomic E-state index is 10.5. The summed E-state index contributed by atoms with van der Waals surface area (Å²) >= 11 is 0. The Morgan fingerprint density at radius 1 is 1.45 bits per heavy atom. The number of rotatable bonds is 4. The molecule has 0 aliphatic rings. The normalized spacial score (nSPS) is 11.1. The van der Waals surface area contributed by atoms with E-state index in [4.69, 9.17) is 9.66 Å². The lowest BCUT2D eigenvalue weighted by molar-refractivity contribution is -0.118. The standard InChI is InChI=1S/C4H9NO5S/c6-2-1-5-4(7)3-11(8,9)10/h6H,1-3H2,(H,5,7)(H,8,9,10). The van der Waals surface area contributed by atoms with E-state index in [1.165, 1.54) is 0 Å². The predicted octanol–water partition coefficient (Wildman–Crippen LogP) is -2.02. The van der Waals surface area contributed by atoms with Gasteiger partial charge in [-0.05, 0) is 0 Å². The van der Waals surface area contributed by atoms with Crippen molar-refractivity contribution in [1.82, 2.24) is 5.32 Å². The van der Waals surface area contributed by atoms with Crippen molar-refractivity contribution in [3.63, 3.8) is 0 Å². The molecule has 0 aromatic rings. The number of hydrogen-bond acceptors (Lipinski definition) is 4. The Bertz CT molecular complexity index is 221. The van der Waals surface area contributed by atoms with E-state index in [-0.39, 0.29) is 13.2 Å². The maximum atomic E-state index is 10.5. The van der Waals surface area contributed by atoms with E-state index < -0.39 is 21.8 Å². The van der Waals surface area contributed by atoms with Gasteiger partial charge in [0.05, 0.1) is 6.61 Å². The summed E-state index contributed by atoms with van der Waals surface area (Å²) in [6.07, 6.45) is 0. The van der Waals surface area contributed by atoms with Gasteiger partial charge >= 0.3 is 0 Å². The molecule has 0 aromatic heterocycles. The summed E-state index contributed by atoms with van der Waals surface area (Å²) in [6, 6.07) is 0. The summed E-state index contributed by atoms with van der Waals surface area (Å²) in [5, 5.41) is 10.2. The summed E-state index contributed by atoms with van der Waals surface area (Å²) in [5.74, 6) is -1.80. The highest BCUT2D eigenvalue weighted by molar-refractivity contribution is 7.86. The largest absolute Gasteiger partial charge is 0.395 e. The molecule has 0 unspecified atom stereocenters. The molecule has 0 aliphatic heterocycles. The van der Waals surface area contributed by atoms with E-state index in [9.17, 15) is 13.2 Å². The van der Waals surface area contributed by atoms with E-state index in [1.807, 2.05) is 0 Å². The Labute approximate surface area is 64.0 Å². The zero-order valence-electron chi connectivity index (χ0n) is 5.65. The van der Waals surface area contributed by atoms with E-state index in [0.29, 0.717) is 0 Å². The molecule has 0 aliphatic carbocycles. The molecule has 11 heavy (non-hydrogen) atoms. The highest BCUT2D eigenvalue weighted by Crippen LogP contribution is 1.80. The summed E-state index contributed by atoms with van der Waals surface area (Å²) in [4.78, 5) is 10.5. The molecule has 0 bridgehead atoms. The van der Waals surface area contributed by atoms with Gasteiger partial charge in [-0.25, -0.2) is 0 Å². The second kappa shape index (κ2) is 4.27. The van der Waals surface area contributed by atoms with Crippen molar-refractivity contribution < 1.29 is 22.9 Å². The molecular formula is C4H9NO5S. The molecule has 0 heterocycles. The van der Waals surface area contributed by atoms with Gasteiger partial charge in [-0.1, -0.05) is 0 Å². The molecule has 6 nitrogen and oxygen atoms in total. The zero-order chi connectivity index (χ0) is 8.91. The third-order valence-electron chi connectivity index (χ3n) is 0.747. The molecule has 0 radical (unpaired) electrons. The highest BCUT2D eigenvalue weighted by Gasteiger charge is 2.11. The SMILES string of the molecule is O=C(CS(=O)(=O)O)NCCO. The van der Waals surface area contributed by atoms with Crippen molar-refractivity contribution >= 4 is 16.0 Å². The smallest absolute Gasteiger partial charge is 0.274 e. The van der Waals surface area contributed by atoms with Crippen molar-refractivity contribution in [2.45, 2.75) is 0 Å². The summed E-state index contributed by atoms with van der Waals surface area (Å²) in [6.45, 7) is -0.286. The van der Waals surface area contributed by atoms with Gasteiger partial charge in [0.15, 0.2) is 5.75 Å². The maximum Gasteiger partial charge on any atom is 0.274 e. The molecule has 0 aromatic carbocycles. The molecule has 0 atom stereocenters. The lowest BCUT2D eigenvalue weighted by atomic mass is 10.6. The van der Waals surface area contributed by atoms with Crippen LogP contribution in [0.1, 0.15) is 0 Å². The first-order valence-corrected chi connectivity index (χ1v) is 4.39. The van der Waals surface area contributed by atoms with E-state index >= 15 is 0 Å². The first-order chi connectivity index (χ1) is 4.95. The molecule has 0 saturated carbocycles. The number of carbonyl (C=O) groups excluding carboxylic acids is 1. The van der Waals surface area contributed by atoms with Gasteiger partial charge in [0.2, 0.25) is 5.91 Å². The van der Waals surface area contributed by atoms with Crippen LogP contribution in [0.5, 0.6) is 0 Å². The quantitative estimate of drug-likeness (QED) is 0.436. The molecule has 0 fully saturated rings. The summed E-state index contributed by atoms with van der Waals surface area (Å²) in [5.41, 5.74) is 0. The first-order valence-electron chi connectivity index (χ1n) is 2.78. The van der Waals surface area contributed by atoms with Crippen LogP contribution >= 0.6 is 0 Å². The Balaban J connectivity index is 3.71. The van der Waals surface area contributed by atoms with Crippen LogP contribution in [0, 0.1) is 0 Å². The Morgan fingerprint density at radius 3 is 2.36 bits per heavy atom. The fourth-order valence-corrected chi connectivity index (χ4v) is 0.845. The Kier molecular flexibility index (Phi) is 4.01. The van der Waals surface area contributed by atoms with Gasteiger partial charge in [0, 0.05) is 6.54 Å². The highest BCUT2D eigenvalue weighted by atomic mass is 32.2. The molecule has 7 heteroatoms. The van der Waals surface area contributed by atoms with Gasteiger partial charge in [-0.2, -0.15) is 8.42 Å². The minimum Gasteiger partial charge on any atom is -0.395 e. The molecule has 0 saturated heterocycles. The Morgan fingerprint density at radius 2 is 2.00 bits per heavy atom. The average Bonchev–Trinajstić information content (AvgIpc) is 1.79. The van der Waals surface area contributed by atoms with E-state index in [0.717, 1.165) is 0 Å². The van der Waals surface area contributed by atoms with Crippen LogP contribution < -0.4 is 5.32 Å². The molecule has 66 valence electrons. The van der Waals surface area contributed by atoms with Crippen molar-refractivity contribution in [2.24, 2.45) is 0 Å². The molecule has 3 N–H and O–H groups in total. The minimum absolute atomic E-state index is 0.0195. The van der Waals surface area contributed by atoms with Crippen LogP contribution in [-0.4, -0.2) is 42.9 Å². The van der Waals surface area contributed by atoms with Crippen molar-refractivity contribution in [3.8, 4) is 0 Å². The van der Waals surface area contributed by atoms with E-state index in [2.05, 4.69) is 5.32 Å². The first kappa shape index (κ1) is 10.3. The van der Waals surface area contributed by atoms with Gasteiger partial charge in [-0.3, -0.25) is 9.35 Å². The fourth-order valence-electron chi connectivity index (χ4n) is 0.412. The number of aliphatic hydroxyl groups excluding tert-OH is 1. The summed E-state index contributed by atoms with van der Waals surface area (Å²) in [7, 11) is -4.25. The van der Waals surface area contributed by atoms with Gasteiger partial charge < -0.3 is 10.4 Å². The third kappa shape index (κ3) is 7.23. The average molecular weight is 183 g/mol. The second-order valence-corrected chi connectivity index (χ2v) is 3.25. The zero-order valence-corrected chi connectivity index (χ0v) is 6.47. The minimum atomic E-state index is -4.25. The second-order valence-electron chi connectivity index (χ2n) is 1.80. The van der Waals surface area contributed by atoms with Gasteiger partial charge in [0.25, 0.3) is 10.1 Å². The molecule has 0 rings (SSSR count). The lowest BCUT2D eigenvalue weighted by Gasteiger charge is -1.99. The fraction of sp³-hybridized carbons (Fsp3) is 0.750. The van der Waals surface area contributed by atoms with Crippen LogP contribution in [0.15, 0.2) is 0 Å². The van der Waals surface area contributed by atoms with Gasteiger partial charge in [0.1, 0.15) is 0 Å². The predicted molar refractivity (Wildman–Crippen MR) is 36.5 cm³/mol. The van der Waals surface area contributed by atoms with Crippen LogP contribution in [-0.2, 0) is 14.9 Å². The lowest BCUT2D eigenvalue weighted by Crippen LogP contribution is -2.31. The topological polar surface area (TPSA) is 104 Å². The van der Waals surface area contributed by atoms with Crippen molar-refractivity contribution in [3.05, 3.63) is 0 Å². The number of carbonyl (C=O) groups is 1. The number of aliphatic hydroxyl groups is 1. The van der Waals surface area contributed by atoms with Crippen LogP contribution in [0.25, 0.3) is 0 Å². The number of hydrogen-bond donors (Lipinski definition) is 3. The van der Waals surface area contributed by atoms with Gasteiger partial charge in [-0.15, -0.1) is 0 Å². The number of amides is 1. The van der Waals surface area contributed by atoms with E-state index in [1.54, 1.807) is 0 Å². The third-order valence-corrected chi connectivity index (χ3v) is 1.37. The van der Waals surface area contributed by atoms with Crippen LogP contribution in [0.4, 0.5) is 0 Å². The monoisotopic (exact) mass is 183 g/mol. The Hall–Kier alpha value is -0.660. The molecular weight excluding hydrogens is 174 g/mol. The van der Waals surface area contributed by atoms with Crippen LogP contribution in [0.3, 0.4) is 0 Å². The molecule has 0 spiro atoms. The summed E-state index contributed by atoms with van der Waals surface area (Å²) < 4.78 is 28.2.